The predicted molar refractivity (Wildman–Crippen MR) is 63.4 cm³/mol. The molecule has 1 aliphatic rings. The molecule has 1 nitrogen and oxygen atoms in total. The highest BCUT2D eigenvalue weighted by molar-refractivity contribution is 9.10. The molecule has 1 aromatic rings. The average Bonchev–Trinajstić information content (AvgIpc) is 2.58. The Morgan fingerprint density at radius 2 is 1.93 bits per heavy atom. The fourth-order valence-electron chi connectivity index (χ4n) is 2.18. The molecule has 0 aliphatic heterocycles. The maximum atomic E-state index is 6.05. The van der Waals surface area contributed by atoms with Crippen LogP contribution < -0.4 is 5.73 Å². The van der Waals surface area contributed by atoms with Gasteiger partial charge in [0.2, 0.25) is 0 Å². The van der Waals surface area contributed by atoms with Crippen molar-refractivity contribution in [2.75, 3.05) is 0 Å². The van der Waals surface area contributed by atoms with Crippen LogP contribution in [0.25, 0.3) is 0 Å². The summed E-state index contributed by atoms with van der Waals surface area (Å²) in [6, 6.07) is 6.86. The van der Waals surface area contributed by atoms with Crippen LogP contribution in [0.4, 0.5) is 0 Å². The molecule has 14 heavy (non-hydrogen) atoms. The van der Waals surface area contributed by atoms with E-state index in [9.17, 15) is 0 Å². The first-order chi connectivity index (χ1) is 6.44. The zero-order valence-corrected chi connectivity index (χ0v) is 10.4. The smallest absolute Gasteiger partial charge is 0.0204 e. The highest BCUT2D eigenvalue weighted by Gasteiger charge is 2.56. The maximum Gasteiger partial charge on any atom is 0.0204 e. The fraction of sp³-hybridized carbons (Fsp3) is 0.500. The third-order valence-electron chi connectivity index (χ3n) is 3.45. The molecule has 0 heterocycles. The Morgan fingerprint density at radius 1 is 1.36 bits per heavy atom. The Hall–Kier alpha value is -0.340. The quantitative estimate of drug-likeness (QED) is 0.818. The molecule has 2 N–H and O–H groups in total. The lowest BCUT2D eigenvalue weighted by Gasteiger charge is -2.05. The third kappa shape index (κ3) is 1.41. The third-order valence-corrected chi connectivity index (χ3v) is 4.34. The van der Waals surface area contributed by atoms with Gasteiger partial charge in [0, 0.05) is 16.4 Å². The summed E-state index contributed by atoms with van der Waals surface area (Å²) in [6.07, 6.45) is 0. The van der Waals surface area contributed by atoms with E-state index in [0.29, 0.717) is 12.0 Å². The molecule has 0 aromatic heterocycles. The van der Waals surface area contributed by atoms with Crippen LogP contribution in [0.3, 0.4) is 0 Å². The molecule has 0 amide bonds. The van der Waals surface area contributed by atoms with Crippen LogP contribution in [0, 0.1) is 12.3 Å². The predicted octanol–water partition coefficient (Wildman–Crippen LogP) is 3.21. The molecular weight excluding hydrogens is 238 g/mol. The van der Waals surface area contributed by atoms with Crippen molar-refractivity contribution in [3.63, 3.8) is 0 Å². The average molecular weight is 254 g/mol. The molecule has 2 heteroatoms. The first-order valence-corrected chi connectivity index (χ1v) is 5.75. The van der Waals surface area contributed by atoms with Crippen molar-refractivity contribution in [2.24, 2.45) is 11.1 Å². The Kier molecular flexibility index (Phi) is 2.24. The summed E-state index contributed by atoms with van der Waals surface area (Å²) in [5.74, 6) is 0.536. The molecule has 0 unspecified atom stereocenters. The Labute approximate surface area is 93.8 Å². The van der Waals surface area contributed by atoms with E-state index in [1.54, 1.807) is 0 Å². The summed E-state index contributed by atoms with van der Waals surface area (Å²) < 4.78 is 1.17. The van der Waals surface area contributed by atoms with Gasteiger partial charge in [0.25, 0.3) is 0 Å². The topological polar surface area (TPSA) is 26.0 Å². The highest BCUT2D eigenvalue weighted by Crippen LogP contribution is 2.57. The minimum atomic E-state index is 0.278. The summed E-state index contributed by atoms with van der Waals surface area (Å²) >= 11 is 3.51. The van der Waals surface area contributed by atoms with Crippen molar-refractivity contribution in [1.29, 1.82) is 0 Å². The molecule has 0 saturated heterocycles. The van der Waals surface area contributed by atoms with E-state index in [1.165, 1.54) is 15.6 Å². The molecule has 1 aliphatic carbocycles. The minimum absolute atomic E-state index is 0.278. The van der Waals surface area contributed by atoms with Crippen molar-refractivity contribution in [3.8, 4) is 0 Å². The number of hydrogen-bond acceptors (Lipinski definition) is 1. The van der Waals surface area contributed by atoms with Gasteiger partial charge >= 0.3 is 0 Å². The van der Waals surface area contributed by atoms with Crippen LogP contribution >= 0.6 is 15.9 Å². The first kappa shape index (κ1) is 10.2. The number of benzene rings is 1. The molecule has 0 radical (unpaired) electrons. The lowest BCUT2D eigenvalue weighted by molar-refractivity contribution is 0.599. The first-order valence-electron chi connectivity index (χ1n) is 4.96. The standard InChI is InChI=1S/C12H16BrN/c1-7-6-8(4-5-9(7)13)10-11(14)12(10,2)3/h4-6,10-11H,14H2,1-3H3/t10-,11-/m1/s1. The van der Waals surface area contributed by atoms with Crippen LogP contribution in [-0.4, -0.2) is 6.04 Å². The molecular formula is C12H16BrN. The van der Waals surface area contributed by atoms with Crippen LogP contribution in [0.2, 0.25) is 0 Å². The number of nitrogens with two attached hydrogens (primary N) is 1. The fourth-order valence-corrected chi connectivity index (χ4v) is 2.42. The lowest BCUT2D eigenvalue weighted by atomic mass is 10.0. The Morgan fingerprint density at radius 3 is 2.36 bits per heavy atom. The van der Waals surface area contributed by atoms with Gasteiger partial charge in [0.15, 0.2) is 0 Å². The van der Waals surface area contributed by atoms with Crippen LogP contribution in [0.15, 0.2) is 22.7 Å². The zero-order valence-electron chi connectivity index (χ0n) is 8.84. The van der Waals surface area contributed by atoms with E-state index in [2.05, 4.69) is 54.9 Å². The van der Waals surface area contributed by atoms with Crippen LogP contribution in [-0.2, 0) is 0 Å². The van der Waals surface area contributed by atoms with Gasteiger partial charge in [-0.1, -0.05) is 41.9 Å². The van der Waals surface area contributed by atoms with Crippen LogP contribution in [0.1, 0.15) is 30.9 Å². The van der Waals surface area contributed by atoms with Crippen molar-refractivity contribution in [3.05, 3.63) is 33.8 Å². The van der Waals surface area contributed by atoms with Gasteiger partial charge in [0.1, 0.15) is 0 Å². The summed E-state index contributed by atoms with van der Waals surface area (Å²) in [5.41, 5.74) is 9.00. The monoisotopic (exact) mass is 253 g/mol. The maximum absolute atomic E-state index is 6.05. The molecule has 2 atom stereocenters. The zero-order chi connectivity index (χ0) is 10.5. The van der Waals surface area contributed by atoms with E-state index in [1.807, 2.05) is 0 Å². The normalized spacial score (nSPS) is 28.9. The van der Waals surface area contributed by atoms with E-state index in [4.69, 9.17) is 5.73 Å². The second kappa shape index (κ2) is 3.07. The Balaban J connectivity index is 2.32. The molecule has 1 fully saturated rings. The van der Waals surface area contributed by atoms with E-state index < -0.39 is 0 Å². The van der Waals surface area contributed by atoms with Gasteiger partial charge in [-0.2, -0.15) is 0 Å². The van der Waals surface area contributed by atoms with E-state index >= 15 is 0 Å². The van der Waals surface area contributed by atoms with Crippen LogP contribution in [0.5, 0.6) is 0 Å². The SMILES string of the molecule is Cc1cc([C@@H]2[C@@H](N)C2(C)C)ccc1Br. The summed E-state index contributed by atoms with van der Waals surface area (Å²) in [7, 11) is 0. The minimum Gasteiger partial charge on any atom is -0.327 e. The number of halogens is 1. The van der Waals surface area contributed by atoms with Gasteiger partial charge in [0.05, 0.1) is 0 Å². The lowest BCUT2D eigenvalue weighted by Crippen LogP contribution is -2.06. The summed E-state index contributed by atoms with van der Waals surface area (Å²) in [5, 5.41) is 0. The van der Waals surface area contributed by atoms with Gasteiger partial charge in [-0.3, -0.25) is 0 Å². The Bertz CT molecular complexity index is 371. The number of aryl methyl sites for hydroxylation is 1. The van der Waals surface area contributed by atoms with E-state index in [0.717, 1.165) is 0 Å². The molecule has 1 saturated carbocycles. The molecule has 76 valence electrons. The van der Waals surface area contributed by atoms with Gasteiger partial charge in [-0.25, -0.2) is 0 Å². The molecule has 2 rings (SSSR count). The highest BCUT2D eigenvalue weighted by atomic mass is 79.9. The largest absolute Gasteiger partial charge is 0.327 e. The van der Waals surface area contributed by atoms with Crippen molar-refractivity contribution >= 4 is 15.9 Å². The van der Waals surface area contributed by atoms with Crippen molar-refractivity contribution in [1.82, 2.24) is 0 Å². The summed E-state index contributed by atoms with van der Waals surface area (Å²) in [4.78, 5) is 0. The number of hydrogen-bond donors (Lipinski definition) is 1. The second-order valence-corrected chi connectivity index (χ2v) is 5.69. The van der Waals surface area contributed by atoms with Crippen molar-refractivity contribution < 1.29 is 0 Å². The molecule has 0 bridgehead atoms. The molecule has 1 aromatic carbocycles. The second-order valence-electron chi connectivity index (χ2n) is 4.83. The molecule has 0 spiro atoms. The van der Waals surface area contributed by atoms with Gasteiger partial charge in [-0.15, -0.1) is 0 Å². The van der Waals surface area contributed by atoms with Gasteiger partial charge in [-0.05, 0) is 29.5 Å². The van der Waals surface area contributed by atoms with Crippen molar-refractivity contribution in [2.45, 2.75) is 32.7 Å². The van der Waals surface area contributed by atoms with E-state index in [-0.39, 0.29) is 5.41 Å². The number of rotatable bonds is 1. The van der Waals surface area contributed by atoms with Gasteiger partial charge < -0.3 is 5.73 Å². The summed E-state index contributed by atoms with van der Waals surface area (Å²) in [6.45, 7) is 6.59.